The first-order chi connectivity index (χ1) is 19.5. The van der Waals surface area contributed by atoms with Crippen molar-refractivity contribution in [3.05, 3.63) is 88.7 Å². The van der Waals surface area contributed by atoms with Crippen molar-refractivity contribution in [1.82, 2.24) is 0 Å². The van der Waals surface area contributed by atoms with Crippen molar-refractivity contribution in [3.63, 3.8) is 0 Å². The first-order valence-corrected chi connectivity index (χ1v) is 12.7. The number of hydrogen-bond donors (Lipinski definition) is 0. The molecule has 3 aromatic carbocycles. The van der Waals surface area contributed by atoms with Gasteiger partial charge in [0.2, 0.25) is 0 Å². The number of ketones is 1. The van der Waals surface area contributed by atoms with E-state index in [1.54, 1.807) is 53.4 Å². The van der Waals surface area contributed by atoms with E-state index in [1.807, 2.05) is 0 Å². The number of nitrogens with zero attached hydrogens (tertiary/aromatic N) is 1. The van der Waals surface area contributed by atoms with E-state index in [1.165, 1.54) is 14.2 Å². The molecule has 2 unspecified atom stereocenters. The first kappa shape index (κ1) is 29.9. The van der Waals surface area contributed by atoms with Gasteiger partial charge in [0.15, 0.2) is 11.6 Å². The number of methoxy groups -OCH3 is 3. The zero-order valence-electron chi connectivity index (χ0n) is 22.7. The molecule has 0 spiro atoms. The van der Waals surface area contributed by atoms with Gasteiger partial charge in [-0.05, 0) is 47.5 Å². The number of ether oxygens (including phenoxy) is 4. The molecule has 41 heavy (non-hydrogen) atoms. The van der Waals surface area contributed by atoms with Gasteiger partial charge in [-0.15, -0.1) is 0 Å². The van der Waals surface area contributed by atoms with Crippen LogP contribution in [0.1, 0.15) is 34.8 Å². The van der Waals surface area contributed by atoms with Gasteiger partial charge in [0, 0.05) is 25.1 Å². The van der Waals surface area contributed by atoms with E-state index in [-0.39, 0.29) is 18.8 Å². The van der Waals surface area contributed by atoms with E-state index < -0.39 is 59.9 Å². The van der Waals surface area contributed by atoms with Crippen LogP contribution in [0.25, 0.3) is 0 Å². The lowest BCUT2D eigenvalue weighted by atomic mass is 9.90. The van der Waals surface area contributed by atoms with Crippen LogP contribution in [-0.2, 0) is 38.3 Å². The number of esters is 1. The first-order valence-electron chi connectivity index (χ1n) is 12.7. The molecule has 1 saturated heterocycles. The van der Waals surface area contributed by atoms with Gasteiger partial charge in [-0.1, -0.05) is 24.3 Å². The molecule has 0 bridgehead atoms. The quantitative estimate of drug-likeness (QED) is 0.179. The van der Waals surface area contributed by atoms with Crippen LogP contribution in [0, 0.1) is 11.7 Å². The summed E-state index contributed by atoms with van der Waals surface area (Å²) in [6.07, 6.45) is -7.07. The van der Waals surface area contributed by atoms with Gasteiger partial charge in [0.05, 0.1) is 45.3 Å². The number of halogens is 4. The van der Waals surface area contributed by atoms with Crippen LogP contribution in [0.2, 0.25) is 0 Å². The van der Waals surface area contributed by atoms with E-state index in [4.69, 9.17) is 14.2 Å². The van der Waals surface area contributed by atoms with Gasteiger partial charge in [0.25, 0.3) is 0 Å². The molecule has 1 fully saturated rings. The number of carbonyl (C=O) groups excluding carboxylic acids is 2. The number of rotatable bonds is 9. The highest BCUT2D eigenvalue weighted by Crippen LogP contribution is 2.43. The summed E-state index contributed by atoms with van der Waals surface area (Å²) in [5, 5.41) is 0. The van der Waals surface area contributed by atoms with Gasteiger partial charge in [0.1, 0.15) is 17.4 Å². The van der Waals surface area contributed by atoms with Crippen LogP contribution >= 0.6 is 0 Å². The lowest BCUT2D eigenvalue weighted by molar-refractivity contribution is -0.160. The Labute approximate surface area is 234 Å². The fraction of sp³-hybridized carbons (Fsp3) is 0.333. The normalized spacial score (nSPS) is 17.2. The fourth-order valence-corrected chi connectivity index (χ4v) is 4.73. The van der Waals surface area contributed by atoms with E-state index >= 15 is 4.39 Å². The Bertz CT molecular complexity index is 1330. The predicted octanol–water partition coefficient (Wildman–Crippen LogP) is 5.89. The second-order valence-corrected chi connectivity index (χ2v) is 9.48. The largest absolute Gasteiger partial charge is 0.497 e. The summed E-state index contributed by atoms with van der Waals surface area (Å²) in [5.41, 5.74) is -0.621. The number of hydrogen-bond acceptors (Lipinski definition) is 7. The molecule has 1 aliphatic heterocycles. The van der Waals surface area contributed by atoms with Gasteiger partial charge >= 0.3 is 12.1 Å². The minimum absolute atomic E-state index is 0.106. The van der Waals surface area contributed by atoms with Crippen LogP contribution in [0.5, 0.6) is 11.5 Å². The predicted molar refractivity (Wildman–Crippen MR) is 141 cm³/mol. The maximum Gasteiger partial charge on any atom is 0.416 e. The number of alkyl halides is 3. The van der Waals surface area contributed by atoms with E-state index in [0.29, 0.717) is 11.5 Å². The monoisotopic (exact) mass is 575 g/mol. The van der Waals surface area contributed by atoms with Gasteiger partial charge in [-0.2, -0.15) is 13.2 Å². The maximum absolute atomic E-state index is 16.3. The van der Waals surface area contributed by atoms with Crippen molar-refractivity contribution in [1.29, 1.82) is 0 Å². The summed E-state index contributed by atoms with van der Waals surface area (Å²) in [6.45, 7) is -0.224. The summed E-state index contributed by atoms with van der Waals surface area (Å²) in [5.74, 6) is -2.75. The van der Waals surface area contributed by atoms with Crippen LogP contribution in [-0.4, -0.2) is 39.7 Å². The van der Waals surface area contributed by atoms with Crippen LogP contribution < -0.4 is 14.4 Å². The molecule has 2 atom stereocenters. The topological polar surface area (TPSA) is 74.3 Å². The second kappa shape index (κ2) is 12.6. The Morgan fingerprint density at radius 2 is 1.44 bits per heavy atom. The Hall–Kier alpha value is -4.12. The van der Waals surface area contributed by atoms with Gasteiger partial charge in [-0.3, -0.25) is 9.59 Å². The number of Topliss-reactive ketones (excluding diaryl/α,β-unsaturated/α-hetero) is 1. The molecule has 0 saturated carbocycles. The highest BCUT2D eigenvalue weighted by Gasteiger charge is 2.43. The molecule has 0 aromatic heterocycles. The summed E-state index contributed by atoms with van der Waals surface area (Å²) in [4.78, 5) is 26.1. The standard InChI is InChI=1S/C30H29F4NO6/c1-38-20-8-4-18(5-9-20)15-35(16-19-6-10-21(39-2)11-7-19)24-13-12-23(30(32,33)34)27(28(24)31)26-14-25(36)22(17-41-26)29(37)40-3/h4-13,22,26H,14-17H2,1-3H3. The minimum Gasteiger partial charge on any atom is -0.497 e. The van der Waals surface area contributed by atoms with Crippen LogP contribution in [0.3, 0.4) is 0 Å². The Morgan fingerprint density at radius 1 is 0.902 bits per heavy atom. The van der Waals surface area contributed by atoms with Crippen molar-refractivity contribution in [2.24, 2.45) is 5.92 Å². The third-order valence-corrected chi connectivity index (χ3v) is 6.92. The van der Waals surface area contributed by atoms with E-state index in [2.05, 4.69) is 4.74 Å². The molecule has 3 aromatic rings. The maximum atomic E-state index is 16.3. The molecular formula is C30H29F4NO6. The lowest BCUT2D eigenvalue weighted by Crippen LogP contribution is -2.37. The average Bonchev–Trinajstić information content (AvgIpc) is 2.96. The van der Waals surface area contributed by atoms with Gasteiger partial charge in [-0.25, -0.2) is 4.39 Å². The van der Waals surface area contributed by atoms with E-state index in [0.717, 1.165) is 30.4 Å². The smallest absolute Gasteiger partial charge is 0.416 e. The highest BCUT2D eigenvalue weighted by molar-refractivity contribution is 5.99. The number of carbonyl (C=O) groups is 2. The second-order valence-electron chi connectivity index (χ2n) is 9.48. The summed E-state index contributed by atoms with van der Waals surface area (Å²) >= 11 is 0. The molecule has 11 heteroatoms. The molecule has 1 heterocycles. The third-order valence-electron chi connectivity index (χ3n) is 6.92. The zero-order chi connectivity index (χ0) is 29.7. The average molecular weight is 576 g/mol. The SMILES string of the molecule is COC(=O)C1COC(c2c(C(F)(F)F)ccc(N(Cc3ccc(OC)cc3)Cc3ccc(OC)cc3)c2F)CC1=O. The molecule has 7 nitrogen and oxygen atoms in total. The molecule has 0 radical (unpaired) electrons. The van der Waals surface area contributed by atoms with Crippen molar-refractivity contribution >= 4 is 17.4 Å². The summed E-state index contributed by atoms with van der Waals surface area (Å²) in [6, 6.07) is 15.9. The summed E-state index contributed by atoms with van der Waals surface area (Å²) in [7, 11) is 4.14. The van der Waals surface area contributed by atoms with Crippen LogP contribution in [0.15, 0.2) is 60.7 Å². The molecule has 4 rings (SSSR count). The van der Waals surface area contributed by atoms with Gasteiger partial charge < -0.3 is 23.8 Å². The van der Waals surface area contributed by atoms with Crippen molar-refractivity contribution in [2.75, 3.05) is 32.8 Å². The minimum atomic E-state index is -4.92. The van der Waals surface area contributed by atoms with Crippen molar-refractivity contribution in [3.8, 4) is 11.5 Å². The fourth-order valence-electron chi connectivity index (χ4n) is 4.73. The number of benzene rings is 3. The van der Waals surface area contributed by atoms with Crippen molar-refractivity contribution in [2.45, 2.75) is 31.8 Å². The Balaban J connectivity index is 1.76. The Morgan fingerprint density at radius 3 is 1.88 bits per heavy atom. The van der Waals surface area contributed by atoms with Crippen LogP contribution in [0.4, 0.5) is 23.2 Å². The molecule has 1 aliphatic rings. The lowest BCUT2D eigenvalue weighted by Gasteiger charge is -2.32. The Kier molecular flexibility index (Phi) is 9.17. The molecule has 0 aliphatic carbocycles. The molecule has 0 amide bonds. The molecular weight excluding hydrogens is 546 g/mol. The van der Waals surface area contributed by atoms with Crippen molar-refractivity contribution < 1.29 is 46.1 Å². The summed E-state index contributed by atoms with van der Waals surface area (Å²) < 4.78 is 79.1. The molecule has 218 valence electrons. The van der Waals surface area contributed by atoms with E-state index in [9.17, 15) is 22.8 Å². The molecule has 0 N–H and O–H groups in total. The zero-order valence-corrected chi connectivity index (χ0v) is 22.7. The highest BCUT2D eigenvalue weighted by atomic mass is 19.4. The third kappa shape index (κ3) is 6.79. The number of anilines is 1.